The number of carbonyl (C=O) groups excluding carboxylic acids is 1. The molecule has 1 amide bonds. The number of aliphatic imine (C=N–C) groups is 1. The number of rotatable bonds is 8. The molecule has 4 N–H and O–H groups in total. The highest BCUT2D eigenvalue weighted by Gasteiger charge is 2.21. The van der Waals surface area contributed by atoms with E-state index < -0.39 is 0 Å². The molecule has 1 aliphatic heterocycles. The Morgan fingerprint density at radius 3 is 2.52 bits per heavy atom. The molecule has 0 aromatic heterocycles. The molecule has 2 fully saturated rings. The number of hydrogen-bond acceptors (Lipinski definition) is 4. The molecule has 1 saturated heterocycles. The highest BCUT2D eigenvalue weighted by Crippen LogP contribution is 2.21. The van der Waals surface area contributed by atoms with Gasteiger partial charge in [-0.3, -0.25) is 14.7 Å². The summed E-state index contributed by atoms with van der Waals surface area (Å²) in [6.45, 7) is 6.98. The first-order valence-corrected chi connectivity index (χ1v) is 9.84. The van der Waals surface area contributed by atoms with E-state index >= 15 is 0 Å². The molecule has 1 aliphatic carbocycles. The third-order valence-electron chi connectivity index (χ3n) is 5.32. The minimum atomic E-state index is -0.243. The average Bonchev–Trinajstić information content (AvgIpc) is 3.11. The molecule has 7 heteroatoms. The van der Waals surface area contributed by atoms with E-state index in [1.807, 2.05) is 0 Å². The van der Waals surface area contributed by atoms with Gasteiger partial charge in [0.15, 0.2) is 5.96 Å². The monoisotopic (exact) mass is 352 g/mol. The van der Waals surface area contributed by atoms with Crippen LogP contribution in [0.25, 0.3) is 0 Å². The summed E-state index contributed by atoms with van der Waals surface area (Å²) in [7, 11) is 2.22. The van der Waals surface area contributed by atoms with Gasteiger partial charge in [0.2, 0.25) is 5.91 Å². The van der Waals surface area contributed by atoms with Crippen LogP contribution in [0.4, 0.5) is 0 Å². The van der Waals surface area contributed by atoms with Gasteiger partial charge in [-0.1, -0.05) is 12.8 Å². The molecule has 0 spiro atoms. The first kappa shape index (κ1) is 20.0. The fraction of sp³-hybridized carbons (Fsp3) is 0.889. The standard InChI is InChI=1S/C18H36N6O/c1-3-20-18(21-10-13-23(2)16-6-4-5-7-16)22-15-8-11-24(12-9-15)14-17(19)25/h15-16H,3-14H2,1-2H3,(H2,19,25)(H2,20,21,22). The Balaban J connectivity index is 1.73. The van der Waals surface area contributed by atoms with Crippen molar-refractivity contribution >= 4 is 11.9 Å². The van der Waals surface area contributed by atoms with Crippen molar-refractivity contribution in [2.24, 2.45) is 10.7 Å². The van der Waals surface area contributed by atoms with Gasteiger partial charge < -0.3 is 21.3 Å². The highest BCUT2D eigenvalue weighted by molar-refractivity contribution is 5.80. The Hall–Kier alpha value is -1.34. The van der Waals surface area contributed by atoms with Gasteiger partial charge in [0.1, 0.15) is 0 Å². The van der Waals surface area contributed by atoms with Crippen LogP contribution in [0.5, 0.6) is 0 Å². The normalized spacial score (nSPS) is 21.0. The zero-order valence-electron chi connectivity index (χ0n) is 16.0. The van der Waals surface area contributed by atoms with Crippen molar-refractivity contribution in [1.82, 2.24) is 20.4 Å². The topological polar surface area (TPSA) is 86.0 Å². The second-order valence-electron chi connectivity index (χ2n) is 7.34. The van der Waals surface area contributed by atoms with E-state index in [1.54, 1.807) is 0 Å². The van der Waals surface area contributed by atoms with Crippen LogP contribution in [0, 0.1) is 0 Å². The van der Waals surface area contributed by atoms with Gasteiger partial charge in [-0.25, -0.2) is 0 Å². The van der Waals surface area contributed by atoms with Crippen molar-refractivity contribution in [3.63, 3.8) is 0 Å². The second kappa shape index (κ2) is 10.6. The Kier molecular flexibility index (Phi) is 8.48. The molecule has 0 aromatic rings. The van der Waals surface area contributed by atoms with Crippen molar-refractivity contribution in [3.8, 4) is 0 Å². The van der Waals surface area contributed by atoms with E-state index in [9.17, 15) is 4.79 Å². The summed E-state index contributed by atoms with van der Waals surface area (Å²) in [6, 6.07) is 1.16. The molecule has 144 valence electrons. The first-order chi connectivity index (χ1) is 12.1. The van der Waals surface area contributed by atoms with Crippen molar-refractivity contribution in [2.75, 3.05) is 46.3 Å². The van der Waals surface area contributed by atoms with Gasteiger partial charge in [0, 0.05) is 38.3 Å². The van der Waals surface area contributed by atoms with Gasteiger partial charge in [-0.2, -0.15) is 0 Å². The molecule has 25 heavy (non-hydrogen) atoms. The van der Waals surface area contributed by atoms with E-state index in [1.165, 1.54) is 25.7 Å². The Labute approximate surface area is 152 Å². The van der Waals surface area contributed by atoms with E-state index in [0.29, 0.717) is 12.6 Å². The third-order valence-corrected chi connectivity index (χ3v) is 5.32. The zero-order chi connectivity index (χ0) is 18.1. The molecule has 1 heterocycles. The van der Waals surface area contributed by atoms with Crippen LogP contribution < -0.4 is 16.4 Å². The smallest absolute Gasteiger partial charge is 0.231 e. The van der Waals surface area contributed by atoms with E-state index in [4.69, 9.17) is 10.7 Å². The van der Waals surface area contributed by atoms with Crippen LogP contribution in [0.1, 0.15) is 45.4 Å². The molecule has 0 bridgehead atoms. The lowest BCUT2D eigenvalue weighted by Gasteiger charge is -2.32. The molecule has 0 unspecified atom stereocenters. The zero-order valence-corrected chi connectivity index (χ0v) is 16.0. The molecule has 0 aromatic carbocycles. The molecular formula is C18H36N6O. The number of likely N-dealkylation sites (tertiary alicyclic amines) is 1. The number of amides is 1. The molecule has 0 atom stereocenters. The van der Waals surface area contributed by atoms with Crippen molar-refractivity contribution in [1.29, 1.82) is 0 Å². The van der Waals surface area contributed by atoms with Crippen molar-refractivity contribution in [2.45, 2.75) is 57.5 Å². The van der Waals surface area contributed by atoms with Crippen LogP contribution in [0.3, 0.4) is 0 Å². The van der Waals surface area contributed by atoms with Crippen molar-refractivity contribution in [3.05, 3.63) is 0 Å². The van der Waals surface area contributed by atoms with E-state index in [0.717, 1.165) is 57.6 Å². The van der Waals surface area contributed by atoms with Crippen LogP contribution in [0.2, 0.25) is 0 Å². The van der Waals surface area contributed by atoms with Gasteiger partial charge in [-0.05, 0) is 39.7 Å². The highest BCUT2D eigenvalue weighted by atomic mass is 16.1. The Bertz CT molecular complexity index is 427. The van der Waals surface area contributed by atoms with E-state index in [2.05, 4.69) is 34.4 Å². The van der Waals surface area contributed by atoms with Gasteiger partial charge >= 0.3 is 0 Å². The number of nitrogens with zero attached hydrogens (tertiary/aromatic N) is 3. The maximum absolute atomic E-state index is 11.0. The number of nitrogens with one attached hydrogen (secondary N) is 2. The SMILES string of the molecule is CCNC(=NCCN(C)C1CCCC1)NC1CCN(CC(N)=O)CC1. The van der Waals surface area contributed by atoms with Gasteiger partial charge in [0.25, 0.3) is 0 Å². The lowest BCUT2D eigenvalue weighted by Crippen LogP contribution is -2.50. The second-order valence-corrected chi connectivity index (χ2v) is 7.34. The predicted molar refractivity (Wildman–Crippen MR) is 103 cm³/mol. The molecule has 7 nitrogen and oxygen atoms in total. The quantitative estimate of drug-likeness (QED) is 0.434. The number of carbonyl (C=O) groups is 1. The fourth-order valence-corrected chi connectivity index (χ4v) is 3.82. The van der Waals surface area contributed by atoms with E-state index in [-0.39, 0.29) is 5.91 Å². The molecule has 0 radical (unpaired) electrons. The summed E-state index contributed by atoms with van der Waals surface area (Å²) in [5.41, 5.74) is 5.27. The predicted octanol–water partition coefficient (Wildman–Crippen LogP) is 0.366. The maximum atomic E-state index is 11.0. The number of likely N-dealkylation sites (N-methyl/N-ethyl adjacent to an activating group) is 1. The summed E-state index contributed by atoms with van der Waals surface area (Å²) in [5, 5.41) is 6.90. The number of guanidine groups is 1. The molecule has 2 aliphatic rings. The lowest BCUT2D eigenvalue weighted by atomic mass is 10.1. The Morgan fingerprint density at radius 2 is 1.92 bits per heavy atom. The minimum Gasteiger partial charge on any atom is -0.369 e. The Morgan fingerprint density at radius 1 is 1.24 bits per heavy atom. The van der Waals surface area contributed by atoms with Crippen LogP contribution >= 0.6 is 0 Å². The minimum absolute atomic E-state index is 0.243. The number of nitrogens with two attached hydrogens (primary N) is 1. The van der Waals surface area contributed by atoms with Crippen LogP contribution in [-0.4, -0.2) is 80.1 Å². The van der Waals surface area contributed by atoms with Crippen LogP contribution in [0.15, 0.2) is 4.99 Å². The number of primary amides is 1. The summed E-state index contributed by atoms with van der Waals surface area (Å²) >= 11 is 0. The largest absolute Gasteiger partial charge is 0.369 e. The first-order valence-electron chi connectivity index (χ1n) is 9.84. The average molecular weight is 353 g/mol. The fourth-order valence-electron chi connectivity index (χ4n) is 3.82. The maximum Gasteiger partial charge on any atom is 0.231 e. The summed E-state index contributed by atoms with van der Waals surface area (Å²) in [4.78, 5) is 20.4. The van der Waals surface area contributed by atoms with Gasteiger partial charge in [-0.15, -0.1) is 0 Å². The third kappa shape index (κ3) is 7.20. The molecule has 2 rings (SSSR count). The molecule has 1 saturated carbocycles. The lowest BCUT2D eigenvalue weighted by molar-refractivity contribution is -0.119. The molecular weight excluding hydrogens is 316 g/mol. The van der Waals surface area contributed by atoms with Crippen molar-refractivity contribution < 1.29 is 4.79 Å². The number of hydrogen-bond donors (Lipinski definition) is 3. The number of piperidine rings is 1. The summed E-state index contributed by atoms with van der Waals surface area (Å²) < 4.78 is 0. The van der Waals surface area contributed by atoms with Crippen LogP contribution in [-0.2, 0) is 4.79 Å². The summed E-state index contributed by atoms with van der Waals surface area (Å²) in [5.74, 6) is 0.670. The summed E-state index contributed by atoms with van der Waals surface area (Å²) in [6.07, 6.45) is 7.44. The van der Waals surface area contributed by atoms with Gasteiger partial charge in [0.05, 0.1) is 13.1 Å².